The van der Waals surface area contributed by atoms with E-state index in [9.17, 15) is 22.7 Å². The average Bonchev–Trinajstić information content (AvgIpc) is 2.73. The number of carbonyl (C=O) groups is 2. The van der Waals surface area contributed by atoms with Crippen molar-refractivity contribution in [2.24, 2.45) is 0 Å². The van der Waals surface area contributed by atoms with Gasteiger partial charge in [0.1, 0.15) is 17.3 Å². The molecule has 29 heavy (non-hydrogen) atoms. The fourth-order valence-electron chi connectivity index (χ4n) is 2.96. The van der Waals surface area contributed by atoms with E-state index in [1.165, 1.54) is 37.4 Å². The lowest BCUT2D eigenvalue weighted by Crippen LogP contribution is -2.50. The lowest BCUT2D eigenvalue weighted by molar-refractivity contribution is 0.0532. The van der Waals surface area contributed by atoms with Gasteiger partial charge in [0.05, 0.1) is 19.0 Å². The average molecular weight is 421 g/mol. The summed E-state index contributed by atoms with van der Waals surface area (Å²) >= 11 is -2.51. The van der Waals surface area contributed by atoms with Crippen molar-refractivity contribution >= 4 is 28.8 Å². The van der Waals surface area contributed by atoms with Crippen molar-refractivity contribution in [3.63, 3.8) is 0 Å². The van der Waals surface area contributed by atoms with Crippen molar-refractivity contribution in [2.45, 2.75) is 0 Å². The van der Waals surface area contributed by atoms with Gasteiger partial charge in [-0.05, 0) is 30.3 Å². The largest absolute Gasteiger partial charge is 0.755 e. The number of carbonyl (C=O) groups excluding carboxylic acids is 2. The summed E-state index contributed by atoms with van der Waals surface area (Å²) in [5.41, 5.74) is 0.707. The van der Waals surface area contributed by atoms with Gasteiger partial charge in [0.15, 0.2) is 0 Å². The van der Waals surface area contributed by atoms with Gasteiger partial charge in [-0.1, -0.05) is 0 Å². The van der Waals surface area contributed by atoms with Gasteiger partial charge < -0.3 is 23.8 Å². The third-order valence-electron chi connectivity index (χ3n) is 4.44. The molecule has 2 heterocycles. The molecule has 0 radical (unpaired) electrons. The van der Waals surface area contributed by atoms with Crippen LogP contribution < -0.4 is 9.46 Å². The van der Waals surface area contributed by atoms with Crippen molar-refractivity contribution in [3.8, 4) is 5.75 Å². The maximum atomic E-state index is 13.0. The molecule has 0 aliphatic carbocycles. The summed E-state index contributed by atoms with van der Waals surface area (Å²) in [4.78, 5) is 32.1. The first kappa shape index (κ1) is 20.7. The van der Waals surface area contributed by atoms with Gasteiger partial charge in [0.25, 0.3) is 11.8 Å². The number of hydrogen-bond donors (Lipinski definition) is 1. The van der Waals surface area contributed by atoms with Crippen molar-refractivity contribution in [2.75, 3.05) is 38.0 Å². The minimum atomic E-state index is -2.51. The Balaban J connectivity index is 1.64. The van der Waals surface area contributed by atoms with Gasteiger partial charge in [-0.15, -0.1) is 0 Å². The Labute approximate surface area is 168 Å². The number of anilines is 1. The molecule has 0 saturated carbocycles. The van der Waals surface area contributed by atoms with Crippen LogP contribution in [0, 0.1) is 5.82 Å². The monoisotopic (exact) mass is 421 g/mol. The number of rotatable bonds is 5. The molecule has 9 nitrogen and oxygen atoms in total. The van der Waals surface area contributed by atoms with Crippen molar-refractivity contribution in [3.05, 3.63) is 53.6 Å². The fourth-order valence-corrected chi connectivity index (χ4v) is 3.31. The van der Waals surface area contributed by atoms with E-state index < -0.39 is 17.1 Å². The van der Waals surface area contributed by atoms with E-state index in [4.69, 9.17) is 4.74 Å². The second-order valence-electron chi connectivity index (χ2n) is 6.20. The van der Waals surface area contributed by atoms with E-state index in [1.54, 1.807) is 9.80 Å². The quantitative estimate of drug-likeness (QED) is 0.722. The summed E-state index contributed by atoms with van der Waals surface area (Å²) in [7, 11) is 1.37. The molecule has 1 aromatic heterocycles. The number of hydrogen-bond acceptors (Lipinski definition) is 6. The molecule has 2 aromatic rings. The Bertz CT molecular complexity index is 932. The molecule has 3 rings (SSSR count). The van der Waals surface area contributed by atoms with E-state index >= 15 is 0 Å². The summed E-state index contributed by atoms with van der Waals surface area (Å²) in [5, 5.41) is 0. The molecule has 1 unspecified atom stereocenters. The first-order valence-electron chi connectivity index (χ1n) is 8.63. The molecule has 11 heteroatoms. The third-order valence-corrected chi connectivity index (χ3v) is 4.83. The maximum Gasteiger partial charge on any atom is 0.272 e. The Kier molecular flexibility index (Phi) is 6.39. The summed E-state index contributed by atoms with van der Waals surface area (Å²) in [6, 6.07) is 6.90. The van der Waals surface area contributed by atoms with Gasteiger partial charge in [-0.25, -0.2) is 9.37 Å². The molecule has 1 atom stereocenters. The van der Waals surface area contributed by atoms with E-state index in [2.05, 4.69) is 9.71 Å². The topological polar surface area (TPSA) is 115 Å². The Morgan fingerprint density at radius 3 is 2.34 bits per heavy atom. The molecule has 0 bridgehead atoms. The smallest absolute Gasteiger partial charge is 0.272 e. The van der Waals surface area contributed by atoms with Crippen LogP contribution in [0.3, 0.4) is 0 Å². The number of pyridine rings is 1. The molecule has 1 N–H and O–H groups in total. The van der Waals surface area contributed by atoms with Gasteiger partial charge in [0.2, 0.25) is 0 Å². The SMILES string of the molecule is COc1cc(C(=O)N2CCN(C(=O)c3ccc(F)cn3)CC2)ccc1NS(=O)[O-]. The number of methoxy groups -OCH3 is 1. The number of piperazine rings is 1. The standard InChI is InChI=1S/C18H19FN4O5S/c1-28-16-10-12(2-4-14(16)21-29(26)27)17(24)22-6-8-23(9-7-22)18(25)15-5-3-13(19)11-20-15/h2-5,10-11,21H,6-9H2,1H3,(H,26,27)/p-1. The molecular weight excluding hydrogens is 403 g/mol. The highest BCUT2D eigenvalue weighted by Gasteiger charge is 2.26. The van der Waals surface area contributed by atoms with Crippen molar-refractivity contribution < 1.29 is 27.5 Å². The summed E-state index contributed by atoms with van der Waals surface area (Å²) < 4.78 is 41.9. The number of aromatic nitrogens is 1. The normalized spacial score (nSPS) is 15.0. The van der Waals surface area contributed by atoms with Gasteiger partial charge in [-0.3, -0.25) is 13.8 Å². The van der Waals surface area contributed by atoms with Crippen LogP contribution in [-0.2, 0) is 11.3 Å². The number of amides is 2. The van der Waals surface area contributed by atoms with Gasteiger partial charge in [-0.2, -0.15) is 0 Å². The maximum absolute atomic E-state index is 13.0. The van der Waals surface area contributed by atoms with E-state index in [0.717, 1.165) is 6.20 Å². The molecule has 1 aliphatic heterocycles. The van der Waals surface area contributed by atoms with Gasteiger partial charge in [0, 0.05) is 43.0 Å². The summed E-state index contributed by atoms with van der Waals surface area (Å²) in [6.07, 6.45) is 0.987. The van der Waals surface area contributed by atoms with Gasteiger partial charge >= 0.3 is 0 Å². The molecule has 1 aliphatic rings. The molecule has 2 amide bonds. The van der Waals surface area contributed by atoms with Crippen molar-refractivity contribution in [1.82, 2.24) is 14.8 Å². The number of halogens is 1. The predicted octanol–water partition coefficient (Wildman–Crippen LogP) is 1.03. The highest BCUT2D eigenvalue weighted by atomic mass is 32.2. The van der Waals surface area contributed by atoms with Crippen LogP contribution in [0.4, 0.5) is 10.1 Å². The predicted molar refractivity (Wildman–Crippen MR) is 102 cm³/mol. The number of benzene rings is 1. The van der Waals surface area contributed by atoms with E-state index in [0.29, 0.717) is 31.7 Å². The lowest BCUT2D eigenvalue weighted by atomic mass is 10.1. The molecule has 1 saturated heterocycles. The Morgan fingerprint density at radius 1 is 1.14 bits per heavy atom. The highest BCUT2D eigenvalue weighted by molar-refractivity contribution is 7.80. The molecular formula is C18H18FN4O5S-. The second kappa shape index (κ2) is 8.97. The van der Waals surface area contributed by atoms with Crippen LogP contribution in [0.25, 0.3) is 0 Å². The highest BCUT2D eigenvalue weighted by Crippen LogP contribution is 2.26. The number of ether oxygens (including phenoxy) is 1. The third kappa shape index (κ3) is 4.87. The number of nitrogens with one attached hydrogen (secondary N) is 1. The Morgan fingerprint density at radius 2 is 1.79 bits per heavy atom. The van der Waals surface area contributed by atoms with Crippen LogP contribution in [0.5, 0.6) is 5.75 Å². The zero-order chi connectivity index (χ0) is 21.0. The van der Waals surface area contributed by atoms with Crippen LogP contribution in [0.2, 0.25) is 0 Å². The van der Waals surface area contributed by atoms with Crippen LogP contribution in [-0.4, -0.2) is 68.6 Å². The van der Waals surface area contributed by atoms with Crippen LogP contribution in [0.1, 0.15) is 20.8 Å². The zero-order valence-electron chi connectivity index (χ0n) is 15.5. The van der Waals surface area contributed by atoms with Crippen LogP contribution in [0.15, 0.2) is 36.5 Å². The zero-order valence-corrected chi connectivity index (χ0v) is 16.3. The summed E-state index contributed by atoms with van der Waals surface area (Å²) in [5.74, 6) is -0.878. The fraction of sp³-hybridized carbons (Fsp3) is 0.278. The molecule has 1 fully saturated rings. The number of nitrogens with zero attached hydrogens (tertiary/aromatic N) is 3. The van der Waals surface area contributed by atoms with E-state index in [1.807, 2.05) is 0 Å². The Hall–Kier alpha value is -3.05. The summed E-state index contributed by atoms with van der Waals surface area (Å²) in [6.45, 7) is 1.27. The van der Waals surface area contributed by atoms with Crippen LogP contribution >= 0.6 is 0 Å². The minimum absolute atomic E-state index is 0.148. The first-order valence-corrected chi connectivity index (χ1v) is 9.70. The lowest BCUT2D eigenvalue weighted by Gasteiger charge is -2.34. The van der Waals surface area contributed by atoms with Crippen molar-refractivity contribution in [1.29, 1.82) is 0 Å². The molecule has 154 valence electrons. The minimum Gasteiger partial charge on any atom is -0.755 e. The second-order valence-corrected chi connectivity index (χ2v) is 6.87. The van der Waals surface area contributed by atoms with E-state index in [-0.39, 0.29) is 28.9 Å². The first-order chi connectivity index (χ1) is 13.9. The molecule has 0 spiro atoms. The molecule has 1 aromatic carbocycles.